The third-order valence-corrected chi connectivity index (χ3v) is 4.92. The maximum Gasteiger partial charge on any atom is 0.273 e. The van der Waals surface area contributed by atoms with Crippen LogP contribution >= 0.6 is 53.2 Å². The van der Waals surface area contributed by atoms with Crippen molar-refractivity contribution in [1.82, 2.24) is 10.4 Å². The van der Waals surface area contributed by atoms with Crippen LogP contribution in [0.15, 0.2) is 71.2 Å². The quantitative estimate of drug-likeness (QED) is 0.384. The lowest BCUT2D eigenvalue weighted by Gasteiger charge is -2.35. The van der Waals surface area contributed by atoms with Crippen molar-refractivity contribution in [2.24, 2.45) is 0 Å². The highest BCUT2D eigenvalue weighted by molar-refractivity contribution is 9.10. The van der Waals surface area contributed by atoms with Gasteiger partial charge in [0.15, 0.2) is 0 Å². The van der Waals surface area contributed by atoms with Crippen LogP contribution in [0.5, 0.6) is 0 Å². The summed E-state index contributed by atoms with van der Waals surface area (Å²) in [7, 11) is 0. The summed E-state index contributed by atoms with van der Waals surface area (Å²) in [6, 6.07) is 20.4. The molecule has 0 aliphatic heterocycles. The first kappa shape index (κ1) is 28.2. The minimum Gasteiger partial charge on any atom is -0.267 e. The molecule has 162 valence electrons. The number of nitrogens with one attached hydrogen (secondary N) is 1. The van der Waals surface area contributed by atoms with Crippen molar-refractivity contribution in [3.8, 4) is 0 Å². The molecule has 0 unspecified atom stereocenters. The third-order valence-electron chi connectivity index (χ3n) is 4.23. The van der Waals surface area contributed by atoms with Crippen LogP contribution in [0.1, 0.15) is 41.5 Å². The lowest BCUT2D eigenvalue weighted by atomic mass is 10.0. The van der Waals surface area contributed by atoms with Crippen LogP contribution in [0.25, 0.3) is 10.8 Å². The van der Waals surface area contributed by atoms with Gasteiger partial charge in [0.1, 0.15) is 0 Å². The second kappa shape index (κ2) is 11.6. The molecule has 0 spiro atoms. The molecule has 0 aliphatic carbocycles. The zero-order valence-electron chi connectivity index (χ0n) is 16.7. The zero-order valence-corrected chi connectivity index (χ0v) is 20.8. The Morgan fingerprint density at radius 1 is 0.800 bits per heavy atom. The zero-order chi connectivity index (χ0) is 19.6. The van der Waals surface area contributed by atoms with Crippen LogP contribution in [-0.2, 0) is 0 Å². The number of halogens is 4. The molecule has 4 nitrogen and oxygen atoms in total. The summed E-state index contributed by atoms with van der Waals surface area (Å²) in [5.74, 6) is -0.592. The Balaban J connectivity index is 0.00000280. The van der Waals surface area contributed by atoms with Gasteiger partial charge in [0, 0.05) is 10.0 Å². The fourth-order valence-corrected chi connectivity index (χ4v) is 3.32. The summed E-state index contributed by atoms with van der Waals surface area (Å²) in [6.45, 7) is 5.64. The molecular weight excluding hydrogens is 511 g/mol. The SMILES string of the molecule is CC(C)(C)N(NC(=O)c1cccc2ccccc12)C(=O)c1ccccc1Br.Cl.Cl.Cl. The van der Waals surface area contributed by atoms with E-state index in [0.717, 1.165) is 10.8 Å². The molecule has 3 aromatic rings. The molecule has 3 rings (SSSR count). The van der Waals surface area contributed by atoms with Crippen molar-refractivity contribution in [2.45, 2.75) is 26.3 Å². The first-order chi connectivity index (χ1) is 12.8. The predicted octanol–water partition coefficient (Wildman–Crippen LogP) is 6.45. The van der Waals surface area contributed by atoms with E-state index in [4.69, 9.17) is 0 Å². The van der Waals surface area contributed by atoms with Crippen molar-refractivity contribution in [3.63, 3.8) is 0 Å². The number of hydrazine groups is 1. The second-order valence-electron chi connectivity index (χ2n) is 7.26. The molecule has 30 heavy (non-hydrogen) atoms. The van der Waals surface area contributed by atoms with Crippen molar-refractivity contribution >= 4 is 75.7 Å². The molecule has 0 saturated heterocycles. The molecular formula is C22H24BrCl3N2O2. The van der Waals surface area contributed by atoms with Crippen LogP contribution in [0, 0.1) is 0 Å². The minimum absolute atomic E-state index is 0. The molecule has 2 amide bonds. The van der Waals surface area contributed by atoms with Crippen LogP contribution in [-0.4, -0.2) is 22.4 Å². The Morgan fingerprint density at radius 2 is 1.33 bits per heavy atom. The topological polar surface area (TPSA) is 49.4 Å². The first-order valence-electron chi connectivity index (χ1n) is 8.67. The molecule has 0 bridgehead atoms. The molecule has 0 radical (unpaired) electrons. The van der Waals surface area contributed by atoms with E-state index in [0.29, 0.717) is 15.6 Å². The number of carbonyl (C=O) groups is 2. The molecule has 0 atom stereocenters. The smallest absolute Gasteiger partial charge is 0.267 e. The van der Waals surface area contributed by atoms with Crippen LogP contribution in [0.2, 0.25) is 0 Å². The van der Waals surface area contributed by atoms with Gasteiger partial charge in [0.25, 0.3) is 11.8 Å². The lowest BCUT2D eigenvalue weighted by Crippen LogP contribution is -2.56. The van der Waals surface area contributed by atoms with E-state index in [9.17, 15) is 9.59 Å². The number of fused-ring (bicyclic) bond motifs is 1. The van der Waals surface area contributed by atoms with Crippen molar-refractivity contribution in [2.75, 3.05) is 0 Å². The van der Waals surface area contributed by atoms with Gasteiger partial charge in [-0.3, -0.25) is 15.0 Å². The standard InChI is InChI=1S/C22H21BrN2O2.3ClH/c1-22(2,3)25(21(27)18-12-6-7-14-19(18)23)24-20(26)17-13-8-10-15-9-4-5-11-16(15)17;;;/h4-14H,1-3H3,(H,24,26);3*1H. The van der Waals surface area contributed by atoms with E-state index in [2.05, 4.69) is 21.4 Å². The number of nitrogens with zero attached hydrogens (tertiary/aromatic N) is 1. The summed E-state index contributed by atoms with van der Waals surface area (Å²) in [4.78, 5) is 26.1. The Hall–Kier alpha value is -1.79. The molecule has 0 saturated carbocycles. The van der Waals surface area contributed by atoms with Crippen molar-refractivity contribution in [1.29, 1.82) is 0 Å². The summed E-state index contributed by atoms with van der Waals surface area (Å²) in [5.41, 5.74) is 3.23. The van der Waals surface area contributed by atoms with Crippen LogP contribution in [0.4, 0.5) is 0 Å². The maximum atomic E-state index is 13.1. The average Bonchev–Trinajstić information content (AvgIpc) is 2.64. The number of hydrogen-bond acceptors (Lipinski definition) is 2. The van der Waals surface area contributed by atoms with E-state index < -0.39 is 5.54 Å². The number of carbonyl (C=O) groups excluding carboxylic acids is 2. The van der Waals surface area contributed by atoms with Gasteiger partial charge in [-0.25, -0.2) is 5.01 Å². The van der Waals surface area contributed by atoms with Gasteiger partial charge in [0.05, 0.1) is 11.1 Å². The highest BCUT2D eigenvalue weighted by Crippen LogP contribution is 2.23. The summed E-state index contributed by atoms with van der Waals surface area (Å²) < 4.78 is 0.684. The van der Waals surface area contributed by atoms with Crippen molar-refractivity contribution < 1.29 is 9.59 Å². The van der Waals surface area contributed by atoms with E-state index >= 15 is 0 Å². The third kappa shape index (κ3) is 6.11. The van der Waals surface area contributed by atoms with Crippen LogP contribution in [0.3, 0.4) is 0 Å². The average molecular weight is 535 g/mol. The van der Waals surface area contributed by atoms with E-state index in [-0.39, 0.29) is 49.0 Å². The number of benzene rings is 3. The van der Waals surface area contributed by atoms with Gasteiger partial charge in [-0.2, -0.15) is 0 Å². The Kier molecular flexibility index (Phi) is 10.9. The second-order valence-corrected chi connectivity index (χ2v) is 8.11. The Morgan fingerprint density at radius 3 is 1.97 bits per heavy atom. The lowest BCUT2D eigenvalue weighted by molar-refractivity contribution is 0.0358. The Labute approximate surface area is 203 Å². The van der Waals surface area contributed by atoms with E-state index in [1.807, 2.05) is 63.2 Å². The maximum absolute atomic E-state index is 13.1. The predicted molar refractivity (Wildman–Crippen MR) is 133 cm³/mol. The number of rotatable bonds is 2. The number of hydrogen-bond donors (Lipinski definition) is 1. The molecule has 0 heterocycles. The normalized spacial score (nSPS) is 10.1. The molecule has 3 aromatic carbocycles. The summed E-state index contributed by atoms with van der Waals surface area (Å²) in [5, 5.41) is 3.21. The van der Waals surface area contributed by atoms with Gasteiger partial charge < -0.3 is 0 Å². The first-order valence-corrected chi connectivity index (χ1v) is 9.46. The summed E-state index contributed by atoms with van der Waals surface area (Å²) in [6.07, 6.45) is 0. The van der Waals surface area contributed by atoms with E-state index in [1.165, 1.54) is 5.01 Å². The van der Waals surface area contributed by atoms with Crippen molar-refractivity contribution in [3.05, 3.63) is 82.3 Å². The van der Waals surface area contributed by atoms with Gasteiger partial charge in [-0.1, -0.05) is 48.5 Å². The van der Waals surface area contributed by atoms with Gasteiger partial charge in [-0.15, -0.1) is 37.2 Å². The fraction of sp³-hybridized carbons (Fsp3) is 0.182. The van der Waals surface area contributed by atoms with E-state index in [1.54, 1.807) is 24.3 Å². The van der Waals surface area contributed by atoms with Gasteiger partial charge in [0.2, 0.25) is 0 Å². The molecule has 0 aliphatic rings. The monoisotopic (exact) mass is 532 g/mol. The largest absolute Gasteiger partial charge is 0.273 e. The highest BCUT2D eigenvalue weighted by atomic mass is 79.9. The van der Waals surface area contributed by atoms with Crippen LogP contribution < -0.4 is 5.43 Å². The highest BCUT2D eigenvalue weighted by Gasteiger charge is 2.30. The molecule has 8 heteroatoms. The number of amides is 2. The fourth-order valence-electron chi connectivity index (χ4n) is 2.86. The molecule has 1 N–H and O–H groups in total. The minimum atomic E-state index is -0.605. The molecule has 0 fully saturated rings. The Bertz CT molecular complexity index is 1020. The van der Waals surface area contributed by atoms with Gasteiger partial charge >= 0.3 is 0 Å². The van der Waals surface area contributed by atoms with Gasteiger partial charge in [-0.05, 0) is 65.7 Å². The summed E-state index contributed by atoms with van der Waals surface area (Å²) >= 11 is 3.42. The molecule has 0 aromatic heterocycles.